The van der Waals surface area contributed by atoms with Gasteiger partial charge in [-0.2, -0.15) is 0 Å². The van der Waals surface area contributed by atoms with Crippen molar-refractivity contribution in [3.8, 4) is 0 Å². The zero-order valence-corrected chi connectivity index (χ0v) is 9.99. The Morgan fingerprint density at radius 3 is 2.40 bits per heavy atom. The minimum absolute atomic E-state index is 0.224. The number of methoxy groups -OCH3 is 1. The summed E-state index contributed by atoms with van der Waals surface area (Å²) in [6.45, 7) is 2.01. The van der Waals surface area contributed by atoms with Crippen LogP contribution in [0.2, 0.25) is 0 Å². The van der Waals surface area contributed by atoms with Gasteiger partial charge in [0.15, 0.2) is 0 Å². The summed E-state index contributed by atoms with van der Waals surface area (Å²) < 4.78 is 4.98. The minimum Gasteiger partial charge on any atom is -0.383 e. The first kappa shape index (κ1) is 14.3. The Morgan fingerprint density at radius 2 is 2.00 bits per heavy atom. The summed E-state index contributed by atoms with van der Waals surface area (Å²) in [7, 11) is 7.42. The largest absolute Gasteiger partial charge is 0.383 e. The first-order valence-corrected chi connectivity index (χ1v) is 4.87. The highest BCUT2D eigenvalue weighted by molar-refractivity contribution is 5.81. The molecule has 0 saturated carbocycles. The van der Waals surface area contributed by atoms with E-state index >= 15 is 0 Å². The summed E-state index contributed by atoms with van der Waals surface area (Å²) in [5.74, 6) is 4.88. The van der Waals surface area contributed by atoms with Crippen LogP contribution in [0.5, 0.6) is 0 Å². The van der Waals surface area contributed by atoms with Gasteiger partial charge in [-0.1, -0.05) is 0 Å². The Bertz CT molecular complexity index is 187. The van der Waals surface area contributed by atoms with Crippen LogP contribution >= 0.6 is 0 Å². The van der Waals surface area contributed by atoms with E-state index in [1.54, 1.807) is 7.11 Å². The molecule has 0 rings (SSSR count). The monoisotopic (exact) mass is 218 g/mol. The highest BCUT2D eigenvalue weighted by atomic mass is 16.5. The van der Waals surface area contributed by atoms with Gasteiger partial charge in [0.25, 0.3) is 5.91 Å². The highest BCUT2D eigenvalue weighted by Crippen LogP contribution is 1.97. The molecule has 0 aliphatic carbocycles. The summed E-state index contributed by atoms with van der Waals surface area (Å²) in [5, 5.41) is 0. The Kier molecular flexibility index (Phi) is 7.23. The standard InChI is InChI=1S/C9H22N4O2/c1-12(2)5-6-13(3)8(7-15-4)9(14)11-10/h8H,5-7,10H2,1-4H3,(H,11,14). The van der Waals surface area contributed by atoms with Gasteiger partial charge >= 0.3 is 0 Å². The van der Waals surface area contributed by atoms with Crippen LogP contribution in [0.15, 0.2) is 0 Å². The van der Waals surface area contributed by atoms with E-state index in [-0.39, 0.29) is 11.9 Å². The fourth-order valence-electron chi connectivity index (χ4n) is 1.17. The molecule has 0 fully saturated rings. The average molecular weight is 218 g/mol. The molecule has 3 N–H and O–H groups in total. The van der Waals surface area contributed by atoms with E-state index in [4.69, 9.17) is 10.6 Å². The number of amides is 1. The van der Waals surface area contributed by atoms with Crippen molar-refractivity contribution >= 4 is 5.91 Å². The van der Waals surface area contributed by atoms with Gasteiger partial charge in [0, 0.05) is 20.2 Å². The molecule has 0 aromatic heterocycles. The molecule has 6 nitrogen and oxygen atoms in total. The lowest BCUT2D eigenvalue weighted by molar-refractivity contribution is -0.127. The van der Waals surface area contributed by atoms with Crippen LogP contribution in [0.25, 0.3) is 0 Å². The van der Waals surface area contributed by atoms with Crippen molar-refractivity contribution in [1.82, 2.24) is 15.2 Å². The number of ether oxygens (including phenoxy) is 1. The predicted octanol–water partition coefficient (Wildman–Crippen LogP) is -1.52. The Hall–Kier alpha value is -0.690. The SMILES string of the molecule is COCC(C(=O)NN)N(C)CCN(C)C. The van der Waals surface area contributed by atoms with E-state index < -0.39 is 0 Å². The van der Waals surface area contributed by atoms with Gasteiger partial charge in [-0.25, -0.2) is 5.84 Å². The molecule has 0 spiro atoms. The molecule has 1 unspecified atom stereocenters. The van der Waals surface area contributed by atoms with Crippen molar-refractivity contribution < 1.29 is 9.53 Å². The maximum Gasteiger partial charge on any atom is 0.253 e. The third-order valence-electron chi connectivity index (χ3n) is 2.20. The van der Waals surface area contributed by atoms with Gasteiger partial charge in [0.05, 0.1) is 6.61 Å². The number of carbonyl (C=O) groups is 1. The normalized spacial score (nSPS) is 13.3. The van der Waals surface area contributed by atoms with Gasteiger partial charge in [-0.3, -0.25) is 15.1 Å². The number of hydrogen-bond acceptors (Lipinski definition) is 5. The van der Waals surface area contributed by atoms with Crippen LogP contribution in [-0.4, -0.2) is 69.7 Å². The summed E-state index contributed by atoms with van der Waals surface area (Å²) in [4.78, 5) is 15.4. The van der Waals surface area contributed by atoms with Crippen LogP contribution in [0.4, 0.5) is 0 Å². The van der Waals surface area contributed by atoms with Crippen molar-refractivity contribution in [1.29, 1.82) is 0 Å². The van der Waals surface area contributed by atoms with Gasteiger partial charge in [-0.05, 0) is 21.1 Å². The summed E-state index contributed by atoms with van der Waals surface area (Å²) in [6, 6.07) is -0.333. The molecule has 0 saturated heterocycles. The number of hydrogen-bond donors (Lipinski definition) is 2. The molecule has 0 bridgehead atoms. The van der Waals surface area contributed by atoms with Crippen LogP contribution < -0.4 is 11.3 Å². The van der Waals surface area contributed by atoms with Crippen LogP contribution in [0.3, 0.4) is 0 Å². The molecule has 0 aromatic carbocycles. The first-order valence-electron chi connectivity index (χ1n) is 4.87. The van der Waals surface area contributed by atoms with E-state index in [2.05, 4.69) is 10.3 Å². The highest BCUT2D eigenvalue weighted by Gasteiger charge is 2.21. The van der Waals surface area contributed by atoms with E-state index in [1.807, 2.05) is 26.0 Å². The van der Waals surface area contributed by atoms with E-state index in [1.165, 1.54) is 0 Å². The smallest absolute Gasteiger partial charge is 0.253 e. The van der Waals surface area contributed by atoms with Crippen molar-refractivity contribution in [2.45, 2.75) is 6.04 Å². The Morgan fingerprint density at radius 1 is 1.40 bits per heavy atom. The molecule has 0 aliphatic heterocycles. The van der Waals surface area contributed by atoms with Crippen LogP contribution in [-0.2, 0) is 9.53 Å². The number of carbonyl (C=O) groups excluding carboxylic acids is 1. The fraction of sp³-hybridized carbons (Fsp3) is 0.889. The number of rotatable bonds is 7. The average Bonchev–Trinajstić information content (AvgIpc) is 2.21. The van der Waals surface area contributed by atoms with Crippen LogP contribution in [0, 0.1) is 0 Å². The van der Waals surface area contributed by atoms with Crippen molar-refractivity contribution in [2.24, 2.45) is 5.84 Å². The van der Waals surface area contributed by atoms with Gasteiger partial charge in [0.1, 0.15) is 6.04 Å². The van der Waals surface area contributed by atoms with E-state index in [0.29, 0.717) is 6.61 Å². The Balaban J connectivity index is 4.15. The second kappa shape index (κ2) is 7.58. The number of likely N-dealkylation sites (N-methyl/N-ethyl adjacent to an activating group) is 2. The second-order valence-corrected chi connectivity index (χ2v) is 3.76. The zero-order chi connectivity index (χ0) is 11.8. The maximum atomic E-state index is 11.4. The lowest BCUT2D eigenvalue weighted by Crippen LogP contribution is -2.51. The molecule has 0 radical (unpaired) electrons. The topological polar surface area (TPSA) is 70.8 Å². The zero-order valence-electron chi connectivity index (χ0n) is 9.99. The minimum atomic E-state index is -0.333. The number of nitrogens with one attached hydrogen (secondary N) is 1. The Labute approximate surface area is 91.3 Å². The lowest BCUT2D eigenvalue weighted by atomic mass is 10.2. The molecule has 6 heteroatoms. The molecule has 90 valence electrons. The van der Waals surface area contributed by atoms with Crippen LogP contribution in [0.1, 0.15) is 0 Å². The summed E-state index contributed by atoms with van der Waals surface area (Å²) >= 11 is 0. The number of hydrazine groups is 1. The maximum absolute atomic E-state index is 11.4. The van der Waals surface area contributed by atoms with E-state index in [0.717, 1.165) is 13.1 Å². The molecule has 1 amide bonds. The predicted molar refractivity (Wildman–Crippen MR) is 59.2 cm³/mol. The quantitative estimate of drug-likeness (QED) is 0.309. The van der Waals surface area contributed by atoms with Gasteiger partial charge < -0.3 is 9.64 Å². The van der Waals surface area contributed by atoms with Crippen molar-refractivity contribution in [3.63, 3.8) is 0 Å². The molecule has 15 heavy (non-hydrogen) atoms. The lowest BCUT2D eigenvalue weighted by Gasteiger charge is -2.26. The molecular weight excluding hydrogens is 196 g/mol. The van der Waals surface area contributed by atoms with Gasteiger partial charge in [-0.15, -0.1) is 0 Å². The summed E-state index contributed by atoms with van der Waals surface area (Å²) in [5.41, 5.74) is 2.14. The molecule has 0 aliphatic rings. The third kappa shape index (κ3) is 5.68. The van der Waals surface area contributed by atoms with E-state index in [9.17, 15) is 4.79 Å². The summed E-state index contributed by atoms with van der Waals surface area (Å²) in [6.07, 6.45) is 0. The molecule has 0 aromatic rings. The molecule has 1 atom stereocenters. The number of nitrogens with two attached hydrogens (primary N) is 1. The fourth-order valence-corrected chi connectivity index (χ4v) is 1.17. The number of nitrogens with zero attached hydrogens (tertiary/aromatic N) is 2. The first-order chi connectivity index (χ1) is 7.02. The van der Waals surface area contributed by atoms with Gasteiger partial charge in [0.2, 0.25) is 0 Å². The van der Waals surface area contributed by atoms with Crippen molar-refractivity contribution in [2.75, 3.05) is 47.9 Å². The molecular formula is C9H22N4O2. The van der Waals surface area contributed by atoms with Crippen molar-refractivity contribution in [3.05, 3.63) is 0 Å². The third-order valence-corrected chi connectivity index (χ3v) is 2.20. The second-order valence-electron chi connectivity index (χ2n) is 3.76. The molecule has 0 heterocycles.